The Morgan fingerprint density at radius 2 is 1.94 bits per heavy atom. The number of nitro benzene ring substituents is 1. The number of nitrogens with zero attached hydrogens (tertiary/aromatic N) is 2. The number of nitriles is 1. The lowest BCUT2D eigenvalue weighted by molar-refractivity contribution is -0.384. The van der Waals surface area contributed by atoms with Crippen LogP contribution in [-0.2, 0) is 0 Å². The standard InChI is InChI=1S/C11H7N3O2/c12-7-9-5-6-13-11(9)8-1-3-10(4-2-8)14(15)16/h1-6,13H. The largest absolute Gasteiger partial charge is 0.360 e. The monoisotopic (exact) mass is 213 g/mol. The summed E-state index contributed by atoms with van der Waals surface area (Å²) in [6.45, 7) is 0. The van der Waals surface area contributed by atoms with Gasteiger partial charge in [-0.15, -0.1) is 0 Å². The molecule has 5 nitrogen and oxygen atoms in total. The highest BCUT2D eigenvalue weighted by Crippen LogP contribution is 2.23. The minimum Gasteiger partial charge on any atom is -0.360 e. The van der Waals surface area contributed by atoms with Crippen LogP contribution in [0.4, 0.5) is 5.69 Å². The number of aromatic nitrogens is 1. The van der Waals surface area contributed by atoms with Crippen LogP contribution in [0.2, 0.25) is 0 Å². The summed E-state index contributed by atoms with van der Waals surface area (Å²) >= 11 is 0. The van der Waals surface area contributed by atoms with Gasteiger partial charge in [-0.05, 0) is 23.8 Å². The molecule has 0 aliphatic heterocycles. The van der Waals surface area contributed by atoms with Gasteiger partial charge in [0.1, 0.15) is 6.07 Å². The maximum Gasteiger partial charge on any atom is 0.269 e. The summed E-state index contributed by atoms with van der Waals surface area (Å²) in [6, 6.07) is 9.77. The lowest BCUT2D eigenvalue weighted by Crippen LogP contribution is -1.87. The van der Waals surface area contributed by atoms with Crippen molar-refractivity contribution in [3.63, 3.8) is 0 Å². The van der Waals surface area contributed by atoms with Crippen LogP contribution in [0, 0.1) is 21.4 Å². The number of non-ortho nitro benzene ring substituents is 1. The first-order valence-electron chi connectivity index (χ1n) is 4.54. The molecule has 5 heteroatoms. The maximum absolute atomic E-state index is 10.5. The van der Waals surface area contributed by atoms with Gasteiger partial charge >= 0.3 is 0 Å². The summed E-state index contributed by atoms with van der Waals surface area (Å²) in [5, 5.41) is 19.3. The predicted octanol–water partition coefficient (Wildman–Crippen LogP) is 2.46. The SMILES string of the molecule is N#Cc1cc[nH]c1-c1ccc([N+](=O)[O-])cc1. The molecule has 0 aliphatic carbocycles. The zero-order valence-electron chi connectivity index (χ0n) is 8.18. The van der Waals surface area contributed by atoms with Crippen LogP contribution in [0.1, 0.15) is 5.56 Å². The molecular weight excluding hydrogens is 206 g/mol. The van der Waals surface area contributed by atoms with E-state index in [-0.39, 0.29) is 5.69 Å². The smallest absolute Gasteiger partial charge is 0.269 e. The van der Waals surface area contributed by atoms with Crippen LogP contribution in [0.15, 0.2) is 36.5 Å². The van der Waals surface area contributed by atoms with Gasteiger partial charge in [-0.3, -0.25) is 10.1 Å². The van der Waals surface area contributed by atoms with Gasteiger partial charge in [-0.1, -0.05) is 0 Å². The molecular formula is C11H7N3O2. The molecule has 0 unspecified atom stereocenters. The number of nitrogens with one attached hydrogen (secondary N) is 1. The van der Waals surface area contributed by atoms with Crippen LogP contribution < -0.4 is 0 Å². The Balaban J connectivity index is 2.43. The molecule has 0 saturated heterocycles. The fraction of sp³-hybridized carbons (Fsp3) is 0. The van der Waals surface area contributed by atoms with Crippen molar-refractivity contribution in [2.24, 2.45) is 0 Å². The van der Waals surface area contributed by atoms with E-state index < -0.39 is 4.92 Å². The number of hydrogen-bond donors (Lipinski definition) is 1. The van der Waals surface area contributed by atoms with Gasteiger partial charge in [0, 0.05) is 18.3 Å². The third kappa shape index (κ3) is 1.64. The Morgan fingerprint density at radius 1 is 1.25 bits per heavy atom. The summed E-state index contributed by atoms with van der Waals surface area (Å²) in [4.78, 5) is 12.9. The molecule has 1 heterocycles. The molecule has 0 amide bonds. The van der Waals surface area contributed by atoms with Gasteiger partial charge in [0.15, 0.2) is 0 Å². The maximum atomic E-state index is 10.5. The number of hydrogen-bond acceptors (Lipinski definition) is 3. The van der Waals surface area contributed by atoms with E-state index in [1.807, 2.05) is 6.07 Å². The molecule has 1 aromatic heterocycles. The Bertz CT molecular complexity index is 564. The summed E-state index contributed by atoms with van der Waals surface area (Å²) in [6.07, 6.45) is 1.66. The van der Waals surface area contributed by atoms with E-state index in [1.54, 1.807) is 24.4 Å². The Morgan fingerprint density at radius 3 is 2.50 bits per heavy atom. The van der Waals surface area contributed by atoms with Crippen molar-refractivity contribution in [1.82, 2.24) is 4.98 Å². The van der Waals surface area contributed by atoms with E-state index in [0.29, 0.717) is 11.3 Å². The normalized spacial score (nSPS) is 9.69. The average Bonchev–Trinajstić information content (AvgIpc) is 2.77. The molecule has 0 atom stereocenters. The molecule has 0 spiro atoms. The first kappa shape index (κ1) is 9.93. The van der Waals surface area contributed by atoms with E-state index >= 15 is 0 Å². The summed E-state index contributed by atoms with van der Waals surface area (Å²) in [5.74, 6) is 0. The molecule has 78 valence electrons. The zero-order chi connectivity index (χ0) is 11.5. The van der Waals surface area contributed by atoms with Crippen molar-refractivity contribution < 1.29 is 4.92 Å². The second kappa shape index (κ2) is 3.87. The summed E-state index contributed by atoms with van der Waals surface area (Å²) in [7, 11) is 0. The van der Waals surface area contributed by atoms with Gasteiger partial charge in [-0.25, -0.2) is 0 Å². The van der Waals surface area contributed by atoms with Crippen molar-refractivity contribution in [2.75, 3.05) is 0 Å². The topological polar surface area (TPSA) is 82.7 Å². The fourth-order valence-corrected chi connectivity index (χ4v) is 1.45. The number of rotatable bonds is 2. The highest BCUT2D eigenvalue weighted by atomic mass is 16.6. The van der Waals surface area contributed by atoms with E-state index in [9.17, 15) is 10.1 Å². The molecule has 0 aliphatic rings. The number of aromatic amines is 1. The van der Waals surface area contributed by atoms with Crippen molar-refractivity contribution in [1.29, 1.82) is 5.26 Å². The van der Waals surface area contributed by atoms with Gasteiger partial charge in [0.2, 0.25) is 0 Å². The zero-order valence-corrected chi connectivity index (χ0v) is 8.18. The van der Waals surface area contributed by atoms with E-state index in [4.69, 9.17) is 5.26 Å². The average molecular weight is 213 g/mol. The van der Waals surface area contributed by atoms with E-state index in [2.05, 4.69) is 4.98 Å². The quantitative estimate of drug-likeness (QED) is 0.614. The van der Waals surface area contributed by atoms with Crippen molar-refractivity contribution in [3.05, 3.63) is 52.2 Å². The number of benzene rings is 1. The summed E-state index contributed by atoms with van der Waals surface area (Å²) in [5.41, 5.74) is 1.99. The molecule has 16 heavy (non-hydrogen) atoms. The van der Waals surface area contributed by atoms with Crippen molar-refractivity contribution in [2.45, 2.75) is 0 Å². The second-order valence-corrected chi connectivity index (χ2v) is 3.18. The van der Waals surface area contributed by atoms with E-state index in [0.717, 1.165) is 5.56 Å². The predicted molar refractivity (Wildman–Crippen MR) is 57.6 cm³/mol. The van der Waals surface area contributed by atoms with Crippen LogP contribution in [0.5, 0.6) is 0 Å². The van der Waals surface area contributed by atoms with Crippen molar-refractivity contribution >= 4 is 5.69 Å². The Hall–Kier alpha value is -2.61. The Labute approximate surface area is 91.1 Å². The van der Waals surface area contributed by atoms with Crippen LogP contribution >= 0.6 is 0 Å². The first-order valence-corrected chi connectivity index (χ1v) is 4.54. The van der Waals surface area contributed by atoms with Gasteiger partial charge in [-0.2, -0.15) is 5.26 Å². The van der Waals surface area contributed by atoms with Crippen molar-refractivity contribution in [3.8, 4) is 17.3 Å². The fourth-order valence-electron chi connectivity index (χ4n) is 1.45. The highest BCUT2D eigenvalue weighted by Gasteiger charge is 2.08. The number of nitro groups is 1. The van der Waals surface area contributed by atoms with Gasteiger partial charge in [0.05, 0.1) is 16.2 Å². The van der Waals surface area contributed by atoms with Crippen LogP contribution in [0.3, 0.4) is 0 Å². The van der Waals surface area contributed by atoms with E-state index in [1.165, 1.54) is 12.1 Å². The molecule has 1 N–H and O–H groups in total. The molecule has 0 bridgehead atoms. The van der Waals surface area contributed by atoms with Gasteiger partial charge in [0.25, 0.3) is 5.69 Å². The first-order chi connectivity index (χ1) is 7.72. The summed E-state index contributed by atoms with van der Waals surface area (Å²) < 4.78 is 0. The minimum absolute atomic E-state index is 0.0359. The molecule has 0 radical (unpaired) electrons. The van der Waals surface area contributed by atoms with Crippen LogP contribution in [0.25, 0.3) is 11.3 Å². The lowest BCUT2D eigenvalue weighted by atomic mass is 10.1. The second-order valence-electron chi connectivity index (χ2n) is 3.18. The molecule has 2 rings (SSSR count). The third-order valence-electron chi connectivity index (χ3n) is 2.23. The van der Waals surface area contributed by atoms with Gasteiger partial charge < -0.3 is 4.98 Å². The molecule has 0 fully saturated rings. The lowest BCUT2D eigenvalue weighted by Gasteiger charge is -1.98. The molecule has 0 saturated carbocycles. The third-order valence-corrected chi connectivity index (χ3v) is 2.23. The highest BCUT2D eigenvalue weighted by molar-refractivity contribution is 5.67. The Kier molecular flexibility index (Phi) is 2.40. The van der Waals surface area contributed by atoms with Crippen LogP contribution in [-0.4, -0.2) is 9.91 Å². The number of H-pyrrole nitrogens is 1. The molecule has 2 aromatic rings. The molecule has 1 aromatic carbocycles. The minimum atomic E-state index is -0.455.